The first-order valence-corrected chi connectivity index (χ1v) is 12.1. The fraction of sp³-hybridized carbons (Fsp3) is 0.423. The second-order valence-electron chi connectivity index (χ2n) is 9.07. The predicted molar refractivity (Wildman–Crippen MR) is 138 cm³/mol. The molecule has 9 nitrogen and oxygen atoms in total. The van der Waals surface area contributed by atoms with Gasteiger partial charge in [-0.15, -0.1) is 0 Å². The number of carbonyl (C=O) groups is 2. The van der Waals surface area contributed by atoms with E-state index in [0.29, 0.717) is 26.2 Å². The van der Waals surface area contributed by atoms with Gasteiger partial charge in [0, 0.05) is 57.5 Å². The van der Waals surface area contributed by atoms with Crippen molar-refractivity contribution in [3.05, 3.63) is 59.3 Å². The lowest BCUT2D eigenvalue weighted by Gasteiger charge is -2.32. The maximum Gasteiger partial charge on any atom is 0.256 e. The summed E-state index contributed by atoms with van der Waals surface area (Å²) in [6, 6.07) is 12.3. The van der Waals surface area contributed by atoms with E-state index in [0.717, 1.165) is 28.7 Å². The van der Waals surface area contributed by atoms with Gasteiger partial charge in [-0.05, 0) is 42.3 Å². The molecule has 0 atom stereocenters. The normalized spacial score (nSPS) is 13.1. The molecule has 186 valence electrons. The molecule has 1 aliphatic heterocycles. The van der Waals surface area contributed by atoms with Crippen molar-refractivity contribution in [2.75, 3.05) is 44.7 Å². The quantitative estimate of drug-likeness (QED) is 0.433. The minimum atomic E-state index is -0.113. The van der Waals surface area contributed by atoms with E-state index in [2.05, 4.69) is 27.9 Å². The average Bonchev–Trinajstić information content (AvgIpc) is 3.42. The van der Waals surface area contributed by atoms with E-state index < -0.39 is 0 Å². The Kier molecular flexibility index (Phi) is 7.67. The van der Waals surface area contributed by atoms with Crippen LogP contribution < -0.4 is 15.5 Å². The molecule has 0 unspecified atom stereocenters. The summed E-state index contributed by atoms with van der Waals surface area (Å²) in [5.74, 6) is -0.179. The van der Waals surface area contributed by atoms with Gasteiger partial charge < -0.3 is 15.5 Å². The van der Waals surface area contributed by atoms with Crippen LogP contribution in [-0.4, -0.2) is 71.4 Å². The highest BCUT2D eigenvalue weighted by Crippen LogP contribution is 2.27. The Morgan fingerprint density at radius 3 is 2.49 bits per heavy atom. The lowest BCUT2D eigenvalue weighted by molar-refractivity contribution is -0.145. The predicted octanol–water partition coefficient (Wildman–Crippen LogP) is 1.80. The van der Waals surface area contributed by atoms with E-state index in [4.69, 9.17) is 0 Å². The second kappa shape index (κ2) is 10.9. The molecule has 0 radical (unpaired) electrons. The van der Waals surface area contributed by atoms with Crippen molar-refractivity contribution in [2.24, 2.45) is 7.05 Å². The summed E-state index contributed by atoms with van der Waals surface area (Å²) in [5.41, 5.74) is 5.20. The van der Waals surface area contributed by atoms with Crippen molar-refractivity contribution in [1.82, 2.24) is 30.4 Å². The largest absolute Gasteiger partial charge is 0.353 e. The number of hydrogen-bond acceptors (Lipinski definition) is 6. The summed E-state index contributed by atoms with van der Waals surface area (Å²) in [4.78, 5) is 28.1. The number of aryl methyl sites for hydroxylation is 2. The highest BCUT2D eigenvalue weighted by Gasteiger charge is 2.27. The second-order valence-corrected chi connectivity index (χ2v) is 9.07. The Hall–Kier alpha value is -3.43. The molecule has 2 aromatic carbocycles. The van der Waals surface area contributed by atoms with Crippen LogP contribution in [0.15, 0.2) is 42.6 Å². The van der Waals surface area contributed by atoms with Crippen LogP contribution in [0.3, 0.4) is 0 Å². The van der Waals surface area contributed by atoms with Crippen LogP contribution in [0, 0.1) is 6.92 Å². The van der Waals surface area contributed by atoms with E-state index in [1.165, 1.54) is 11.1 Å². The Morgan fingerprint density at radius 1 is 1.09 bits per heavy atom. The molecule has 9 heteroatoms. The van der Waals surface area contributed by atoms with Crippen LogP contribution in [0.1, 0.15) is 23.6 Å². The molecular formula is C26H35N7O2. The number of fused-ring (bicyclic) bond motifs is 2. The molecule has 0 spiro atoms. The summed E-state index contributed by atoms with van der Waals surface area (Å²) < 4.78 is 1.77. The van der Waals surface area contributed by atoms with Crippen LogP contribution in [0.5, 0.6) is 0 Å². The Morgan fingerprint density at radius 2 is 1.80 bits per heavy atom. The molecule has 2 amide bonds. The lowest BCUT2D eigenvalue weighted by atomic mass is 10.1. The number of nitrogens with zero attached hydrogens (tertiary/aromatic N) is 5. The van der Waals surface area contributed by atoms with Crippen molar-refractivity contribution in [3.8, 4) is 0 Å². The monoisotopic (exact) mass is 477 g/mol. The van der Waals surface area contributed by atoms with Crippen LogP contribution in [0.25, 0.3) is 10.9 Å². The standard InChI is InChI=1S/C26H35N7O2/c1-5-27-10-11-28-25(34)17-32(24-13-22-14-30(3)29-23(22)12-19(24)2)18-26(35)31(4)33-15-20-8-6-7-9-21(20)16-33/h6-9,12-14,27H,5,10-11,15-18H2,1-4H3,(H,28,34). The third-order valence-electron chi connectivity index (χ3n) is 6.42. The first-order valence-electron chi connectivity index (χ1n) is 12.1. The average molecular weight is 478 g/mol. The molecule has 35 heavy (non-hydrogen) atoms. The van der Waals surface area contributed by atoms with E-state index in [1.54, 1.807) is 16.7 Å². The van der Waals surface area contributed by atoms with E-state index >= 15 is 0 Å². The van der Waals surface area contributed by atoms with Gasteiger partial charge in [0.2, 0.25) is 5.91 Å². The zero-order valence-electron chi connectivity index (χ0n) is 21.0. The number of amides is 2. The summed E-state index contributed by atoms with van der Waals surface area (Å²) in [6.07, 6.45) is 1.95. The number of rotatable bonds is 10. The number of benzene rings is 2. The van der Waals surface area contributed by atoms with Crippen LogP contribution >= 0.6 is 0 Å². The maximum atomic E-state index is 13.4. The molecular weight excluding hydrogens is 442 g/mol. The highest BCUT2D eigenvalue weighted by atomic mass is 16.2. The maximum absolute atomic E-state index is 13.4. The minimum Gasteiger partial charge on any atom is -0.353 e. The molecule has 3 aromatic rings. The zero-order chi connectivity index (χ0) is 24.9. The molecule has 0 saturated carbocycles. The van der Waals surface area contributed by atoms with E-state index in [1.807, 2.05) is 61.3 Å². The minimum absolute atomic E-state index is 0.0658. The van der Waals surface area contributed by atoms with Gasteiger partial charge in [0.25, 0.3) is 5.91 Å². The Labute approximate surface area is 206 Å². The number of hydrogen-bond donors (Lipinski definition) is 2. The van der Waals surface area contributed by atoms with E-state index in [-0.39, 0.29) is 24.9 Å². The fourth-order valence-corrected chi connectivity index (χ4v) is 4.50. The molecule has 1 aromatic heterocycles. The van der Waals surface area contributed by atoms with Gasteiger partial charge in [0.05, 0.1) is 18.6 Å². The third kappa shape index (κ3) is 5.80. The molecule has 2 heterocycles. The number of hydrazine groups is 1. The summed E-state index contributed by atoms with van der Waals surface area (Å²) >= 11 is 0. The molecule has 0 aliphatic carbocycles. The highest BCUT2D eigenvalue weighted by molar-refractivity contribution is 5.90. The SMILES string of the molecule is CCNCCNC(=O)CN(CC(=O)N(C)N1Cc2ccccc2C1)c1cc2cn(C)nc2cc1C. The van der Waals surface area contributed by atoms with Gasteiger partial charge >= 0.3 is 0 Å². The molecule has 4 rings (SSSR count). The first-order chi connectivity index (χ1) is 16.9. The number of carbonyl (C=O) groups excluding carboxylic acids is 2. The Bertz CT molecular complexity index is 1180. The van der Waals surface area contributed by atoms with Crippen LogP contribution in [-0.2, 0) is 29.7 Å². The Balaban J connectivity index is 1.51. The molecule has 0 saturated heterocycles. The van der Waals surface area contributed by atoms with Crippen LogP contribution in [0.2, 0.25) is 0 Å². The van der Waals surface area contributed by atoms with Gasteiger partial charge in [0.15, 0.2) is 0 Å². The van der Waals surface area contributed by atoms with Gasteiger partial charge in [-0.25, -0.2) is 5.01 Å². The van der Waals surface area contributed by atoms with Crippen LogP contribution in [0.4, 0.5) is 5.69 Å². The molecule has 0 fully saturated rings. The van der Waals surface area contributed by atoms with Crippen molar-refractivity contribution >= 4 is 28.4 Å². The number of anilines is 1. The topological polar surface area (TPSA) is 85.7 Å². The first kappa shape index (κ1) is 24.7. The smallest absolute Gasteiger partial charge is 0.256 e. The summed E-state index contributed by atoms with van der Waals surface area (Å²) in [7, 11) is 3.69. The third-order valence-corrected chi connectivity index (χ3v) is 6.42. The number of likely N-dealkylation sites (N-methyl/N-ethyl adjacent to an activating group) is 2. The van der Waals surface area contributed by atoms with Crippen molar-refractivity contribution in [1.29, 1.82) is 0 Å². The lowest BCUT2D eigenvalue weighted by Crippen LogP contribution is -2.48. The number of nitrogens with one attached hydrogen (secondary N) is 2. The van der Waals surface area contributed by atoms with Crippen molar-refractivity contribution in [2.45, 2.75) is 26.9 Å². The molecule has 2 N–H and O–H groups in total. The van der Waals surface area contributed by atoms with Gasteiger partial charge in [-0.3, -0.25) is 19.3 Å². The van der Waals surface area contributed by atoms with Gasteiger partial charge in [-0.2, -0.15) is 5.10 Å². The van der Waals surface area contributed by atoms with Crippen molar-refractivity contribution < 1.29 is 9.59 Å². The van der Waals surface area contributed by atoms with Crippen molar-refractivity contribution in [3.63, 3.8) is 0 Å². The fourth-order valence-electron chi connectivity index (χ4n) is 4.50. The van der Waals surface area contributed by atoms with Gasteiger partial charge in [-0.1, -0.05) is 31.2 Å². The van der Waals surface area contributed by atoms with Gasteiger partial charge in [0.1, 0.15) is 0 Å². The summed E-state index contributed by atoms with van der Waals surface area (Å²) in [5, 5.41) is 15.3. The summed E-state index contributed by atoms with van der Waals surface area (Å²) in [6.45, 7) is 7.71. The zero-order valence-corrected chi connectivity index (χ0v) is 21.0. The molecule has 0 bridgehead atoms. The number of aromatic nitrogens is 2. The molecule has 1 aliphatic rings. The van der Waals surface area contributed by atoms with E-state index in [9.17, 15) is 9.59 Å².